The summed E-state index contributed by atoms with van der Waals surface area (Å²) >= 11 is 0. The first-order valence-corrected chi connectivity index (χ1v) is 6.13. The summed E-state index contributed by atoms with van der Waals surface area (Å²) in [6.07, 6.45) is 0. The van der Waals surface area contributed by atoms with Gasteiger partial charge in [-0.2, -0.15) is 5.71 Å². The summed E-state index contributed by atoms with van der Waals surface area (Å²) in [6.45, 7) is 0. The number of nitrogens with zero attached hydrogens (tertiary/aromatic N) is 1. The van der Waals surface area contributed by atoms with Gasteiger partial charge in [-0.05, 0) is 17.2 Å². The fourth-order valence-electron chi connectivity index (χ4n) is 2.59. The molecule has 0 saturated carbocycles. The number of ether oxygens (including phenoxy) is 2. The van der Waals surface area contributed by atoms with Gasteiger partial charge in [-0.1, -0.05) is 30.3 Å². The van der Waals surface area contributed by atoms with E-state index in [2.05, 4.69) is 0 Å². The predicted molar refractivity (Wildman–Crippen MR) is 75.3 cm³/mol. The number of hydrogen-bond donors (Lipinski definition) is 0. The van der Waals surface area contributed by atoms with Gasteiger partial charge in [-0.3, -0.25) is 0 Å². The van der Waals surface area contributed by atoms with E-state index in [-0.39, 0.29) is 24.8 Å². The van der Waals surface area contributed by atoms with E-state index in [1.807, 2.05) is 36.4 Å². The molecule has 0 aliphatic heterocycles. The van der Waals surface area contributed by atoms with Gasteiger partial charge in [-0.25, -0.2) is 0 Å². The normalized spacial score (nSPS) is 15.7. The van der Waals surface area contributed by atoms with Crippen LogP contribution in [-0.4, -0.2) is 19.9 Å². The summed E-state index contributed by atoms with van der Waals surface area (Å²) in [5, 5.41) is 10.3. The van der Waals surface area contributed by atoms with E-state index in [1.165, 1.54) is 0 Å². The van der Waals surface area contributed by atoms with Crippen LogP contribution in [0.5, 0.6) is 11.5 Å². The van der Waals surface area contributed by atoms with Crippen LogP contribution in [0.25, 0.3) is 5.41 Å². The molecule has 2 aromatic rings. The molecule has 1 atom stereocenters. The number of fused-ring (bicyclic) bond motifs is 1. The van der Waals surface area contributed by atoms with E-state index in [4.69, 9.17) is 9.47 Å². The zero-order valence-corrected chi connectivity index (χ0v) is 11.9. The molecular formula is C16H14LiNO2. The third kappa shape index (κ3) is 2.13. The van der Waals surface area contributed by atoms with Gasteiger partial charge in [0.05, 0.1) is 14.2 Å². The Kier molecular flexibility index (Phi) is 4.22. The first-order chi connectivity index (χ1) is 9.26. The maximum absolute atomic E-state index is 10.3. The molecule has 2 aromatic carbocycles. The zero-order chi connectivity index (χ0) is 13.4. The van der Waals surface area contributed by atoms with Crippen molar-refractivity contribution < 1.29 is 28.3 Å². The number of rotatable bonds is 3. The third-order valence-electron chi connectivity index (χ3n) is 3.54. The molecule has 0 bridgehead atoms. The Labute approximate surface area is 130 Å². The Bertz CT molecular complexity index is 640. The van der Waals surface area contributed by atoms with Crippen molar-refractivity contribution in [1.82, 2.24) is 0 Å². The molecule has 0 saturated heterocycles. The average molecular weight is 259 g/mol. The van der Waals surface area contributed by atoms with Crippen molar-refractivity contribution in [3.8, 4) is 11.5 Å². The van der Waals surface area contributed by atoms with E-state index in [0.29, 0.717) is 11.5 Å². The molecule has 3 nitrogen and oxygen atoms in total. The van der Waals surface area contributed by atoms with Gasteiger partial charge in [0.1, 0.15) is 11.5 Å². The van der Waals surface area contributed by atoms with Gasteiger partial charge in [-0.15, -0.1) is 0 Å². The van der Waals surface area contributed by atoms with Gasteiger partial charge >= 0.3 is 18.9 Å². The molecule has 3 rings (SSSR count). The quantitative estimate of drug-likeness (QED) is 0.739. The predicted octanol–water partition coefficient (Wildman–Crippen LogP) is 0.212. The van der Waals surface area contributed by atoms with Crippen LogP contribution in [0.3, 0.4) is 0 Å². The first kappa shape index (κ1) is 14.7. The molecule has 1 aliphatic carbocycles. The number of hydrogen-bond acceptors (Lipinski definition) is 2. The minimum atomic E-state index is -0.0831. The summed E-state index contributed by atoms with van der Waals surface area (Å²) in [4.78, 5) is 0. The number of benzene rings is 2. The van der Waals surface area contributed by atoms with Crippen LogP contribution in [0.1, 0.15) is 22.6 Å². The van der Waals surface area contributed by atoms with Gasteiger partial charge in [0.2, 0.25) is 0 Å². The first-order valence-electron chi connectivity index (χ1n) is 6.13. The molecule has 0 aromatic heterocycles. The minimum Gasteiger partial charge on any atom is -0.806 e. The average Bonchev–Trinajstić information content (AvgIpc) is 2.46. The molecule has 0 spiro atoms. The summed E-state index contributed by atoms with van der Waals surface area (Å²) < 4.78 is 10.6. The van der Waals surface area contributed by atoms with E-state index in [9.17, 15) is 5.41 Å². The molecule has 0 heterocycles. The van der Waals surface area contributed by atoms with Crippen molar-refractivity contribution in [1.29, 1.82) is 0 Å². The Morgan fingerprint density at radius 2 is 1.70 bits per heavy atom. The molecule has 0 radical (unpaired) electrons. The Morgan fingerprint density at radius 1 is 1.00 bits per heavy atom. The number of methoxy groups -OCH3 is 2. The maximum atomic E-state index is 10.3. The van der Waals surface area contributed by atoms with Crippen LogP contribution in [0.15, 0.2) is 42.5 Å². The van der Waals surface area contributed by atoms with Crippen molar-refractivity contribution in [2.45, 2.75) is 5.92 Å². The SMILES string of the molecule is COc1cc(OC)c2c(c1)C(c1ccccc1)C2=[N-].[Li+]. The van der Waals surface area contributed by atoms with Crippen molar-refractivity contribution in [2.24, 2.45) is 0 Å². The second kappa shape index (κ2) is 5.74. The van der Waals surface area contributed by atoms with Gasteiger partial charge in [0.25, 0.3) is 0 Å². The van der Waals surface area contributed by atoms with Crippen LogP contribution < -0.4 is 28.3 Å². The standard InChI is InChI=1S/C16H14NO2.Li/c1-18-11-8-12-14(10-6-4-3-5-7-10)16(17)15(12)13(9-11)19-2;/h3-9,14H,1-2H3;/q-1;+1. The molecule has 96 valence electrons. The molecule has 0 N–H and O–H groups in total. The van der Waals surface area contributed by atoms with Gasteiger partial charge < -0.3 is 14.9 Å². The molecule has 1 aliphatic rings. The maximum Gasteiger partial charge on any atom is 1.00 e. The van der Waals surface area contributed by atoms with Crippen molar-refractivity contribution in [3.05, 3.63) is 64.6 Å². The second-order valence-electron chi connectivity index (χ2n) is 4.52. The molecule has 20 heavy (non-hydrogen) atoms. The van der Waals surface area contributed by atoms with E-state index >= 15 is 0 Å². The van der Waals surface area contributed by atoms with Crippen molar-refractivity contribution in [3.63, 3.8) is 0 Å². The molecule has 1 unspecified atom stereocenters. The van der Waals surface area contributed by atoms with Crippen LogP contribution in [0.2, 0.25) is 0 Å². The Morgan fingerprint density at radius 3 is 2.30 bits per heavy atom. The molecule has 0 fully saturated rings. The van der Waals surface area contributed by atoms with Crippen LogP contribution in [-0.2, 0) is 0 Å². The van der Waals surface area contributed by atoms with Crippen LogP contribution in [0, 0.1) is 0 Å². The fraction of sp³-hybridized carbons (Fsp3) is 0.188. The minimum absolute atomic E-state index is 0. The van der Waals surface area contributed by atoms with Gasteiger partial charge in [0, 0.05) is 17.5 Å². The van der Waals surface area contributed by atoms with E-state index in [1.54, 1.807) is 20.3 Å². The fourth-order valence-corrected chi connectivity index (χ4v) is 2.59. The summed E-state index contributed by atoms with van der Waals surface area (Å²) in [5.74, 6) is 1.31. The smallest absolute Gasteiger partial charge is 0.806 e. The van der Waals surface area contributed by atoms with Crippen molar-refractivity contribution in [2.75, 3.05) is 14.2 Å². The van der Waals surface area contributed by atoms with Crippen LogP contribution in [0.4, 0.5) is 0 Å². The Hall–Kier alpha value is -1.69. The zero-order valence-electron chi connectivity index (χ0n) is 11.9. The summed E-state index contributed by atoms with van der Waals surface area (Å²) in [5.41, 5.74) is 3.26. The van der Waals surface area contributed by atoms with Gasteiger partial charge in [0.15, 0.2) is 0 Å². The van der Waals surface area contributed by atoms with Crippen LogP contribution >= 0.6 is 0 Å². The third-order valence-corrected chi connectivity index (χ3v) is 3.54. The molecule has 4 heteroatoms. The largest absolute Gasteiger partial charge is 1.00 e. The Balaban J connectivity index is 0.00000147. The molecule has 0 amide bonds. The summed E-state index contributed by atoms with van der Waals surface area (Å²) in [6, 6.07) is 13.7. The summed E-state index contributed by atoms with van der Waals surface area (Å²) in [7, 11) is 3.22. The van der Waals surface area contributed by atoms with E-state index in [0.717, 1.165) is 22.4 Å². The monoisotopic (exact) mass is 259 g/mol. The topological polar surface area (TPSA) is 40.8 Å². The second-order valence-corrected chi connectivity index (χ2v) is 4.52. The molecular weight excluding hydrogens is 245 g/mol. The van der Waals surface area contributed by atoms with E-state index < -0.39 is 0 Å². The van der Waals surface area contributed by atoms with Crippen molar-refractivity contribution >= 4 is 5.71 Å².